The molecule has 3 rings (SSSR count). The highest BCUT2D eigenvalue weighted by atomic mass is 19.3. The Labute approximate surface area is 115 Å². The van der Waals surface area contributed by atoms with Crippen LogP contribution in [0.1, 0.15) is 38.3 Å². The van der Waals surface area contributed by atoms with Gasteiger partial charge in [0.25, 0.3) is 5.78 Å². The Morgan fingerprint density at radius 2 is 2.15 bits per heavy atom. The lowest BCUT2D eigenvalue weighted by Crippen LogP contribution is -2.32. The van der Waals surface area contributed by atoms with E-state index in [1.165, 1.54) is 6.33 Å². The second-order valence-corrected chi connectivity index (χ2v) is 5.23. The molecule has 0 atom stereocenters. The monoisotopic (exact) mass is 281 g/mol. The molecule has 20 heavy (non-hydrogen) atoms. The SMILES string of the molecule is CCc1cc(NC2CCC(F)(F)CC2)n2ncnc2n1. The topological polar surface area (TPSA) is 55.1 Å². The number of fused-ring (bicyclic) bond motifs is 1. The zero-order chi connectivity index (χ0) is 14.2. The van der Waals surface area contributed by atoms with Crippen molar-refractivity contribution in [2.24, 2.45) is 0 Å². The van der Waals surface area contributed by atoms with E-state index in [1.54, 1.807) is 4.52 Å². The molecule has 2 heterocycles. The summed E-state index contributed by atoms with van der Waals surface area (Å²) in [5.74, 6) is -1.19. The molecular formula is C13H17F2N5. The van der Waals surface area contributed by atoms with E-state index >= 15 is 0 Å². The highest BCUT2D eigenvalue weighted by Gasteiger charge is 2.35. The van der Waals surface area contributed by atoms with Crippen LogP contribution in [-0.4, -0.2) is 31.5 Å². The molecule has 0 unspecified atom stereocenters. The van der Waals surface area contributed by atoms with E-state index in [1.807, 2.05) is 13.0 Å². The molecule has 0 saturated heterocycles. The Bertz CT molecular complexity index is 600. The van der Waals surface area contributed by atoms with Gasteiger partial charge >= 0.3 is 0 Å². The third kappa shape index (κ3) is 2.57. The zero-order valence-electron chi connectivity index (χ0n) is 11.3. The summed E-state index contributed by atoms with van der Waals surface area (Å²) in [6.45, 7) is 2.01. The van der Waals surface area contributed by atoms with Crippen molar-refractivity contribution in [1.29, 1.82) is 0 Å². The summed E-state index contributed by atoms with van der Waals surface area (Å²) in [4.78, 5) is 8.44. The maximum absolute atomic E-state index is 13.2. The quantitative estimate of drug-likeness (QED) is 0.939. The van der Waals surface area contributed by atoms with Gasteiger partial charge in [-0.15, -0.1) is 0 Å². The van der Waals surface area contributed by atoms with Crippen molar-refractivity contribution in [3.63, 3.8) is 0 Å². The number of halogens is 2. The maximum Gasteiger partial charge on any atom is 0.254 e. The van der Waals surface area contributed by atoms with Gasteiger partial charge < -0.3 is 5.32 Å². The minimum absolute atomic E-state index is 0.0501. The lowest BCUT2D eigenvalue weighted by atomic mass is 9.92. The molecule has 1 saturated carbocycles. The molecule has 2 aromatic rings. The predicted molar refractivity (Wildman–Crippen MR) is 71.0 cm³/mol. The van der Waals surface area contributed by atoms with E-state index in [0.717, 1.165) is 17.9 Å². The second kappa shape index (κ2) is 4.96. The van der Waals surface area contributed by atoms with E-state index < -0.39 is 5.92 Å². The highest BCUT2D eigenvalue weighted by Crippen LogP contribution is 2.34. The average Bonchev–Trinajstić information content (AvgIpc) is 2.89. The molecule has 0 aromatic carbocycles. The van der Waals surface area contributed by atoms with Gasteiger partial charge in [0.05, 0.1) is 0 Å². The van der Waals surface area contributed by atoms with E-state index in [-0.39, 0.29) is 18.9 Å². The van der Waals surface area contributed by atoms with E-state index in [0.29, 0.717) is 18.6 Å². The van der Waals surface area contributed by atoms with Crippen LogP contribution >= 0.6 is 0 Å². The summed E-state index contributed by atoms with van der Waals surface area (Å²) in [7, 11) is 0. The van der Waals surface area contributed by atoms with Crippen LogP contribution in [0.3, 0.4) is 0 Å². The minimum atomic E-state index is -2.51. The molecule has 0 aliphatic heterocycles. The molecule has 0 bridgehead atoms. The lowest BCUT2D eigenvalue weighted by Gasteiger charge is -2.29. The Hall–Kier alpha value is -1.79. The molecule has 7 heteroatoms. The third-order valence-electron chi connectivity index (χ3n) is 3.74. The Kier molecular flexibility index (Phi) is 3.27. The first kappa shape index (κ1) is 13.2. The molecule has 1 fully saturated rings. The van der Waals surface area contributed by atoms with Gasteiger partial charge in [0.15, 0.2) is 0 Å². The van der Waals surface area contributed by atoms with E-state index in [4.69, 9.17) is 0 Å². The van der Waals surface area contributed by atoms with Crippen molar-refractivity contribution in [2.75, 3.05) is 5.32 Å². The van der Waals surface area contributed by atoms with E-state index in [2.05, 4.69) is 20.4 Å². The van der Waals surface area contributed by atoms with Crippen LogP contribution in [0.5, 0.6) is 0 Å². The van der Waals surface area contributed by atoms with Gasteiger partial charge in [-0.05, 0) is 19.3 Å². The molecule has 0 amide bonds. The molecule has 1 N–H and O–H groups in total. The first-order valence-corrected chi connectivity index (χ1v) is 6.91. The van der Waals surface area contributed by atoms with Crippen molar-refractivity contribution in [3.05, 3.63) is 18.1 Å². The van der Waals surface area contributed by atoms with Gasteiger partial charge in [0.2, 0.25) is 5.92 Å². The average molecular weight is 281 g/mol. The van der Waals surface area contributed by atoms with E-state index in [9.17, 15) is 8.78 Å². The smallest absolute Gasteiger partial charge is 0.254 e. The van der Waals surface area contributed by atoms with Crippen LogP contribution in [0.15, 0.2) is 12.4 Å². The van der Waals surface area contributed by atoms with Crippen LogP contribution in [0.2, 0.25) is 0 Å². The molecule has 0 radical (unpaired) electrons. The predicted octanol–water partition coefficient (Wildman–Crippen LogP) is 2.68. The number of alkyl halides is 2. The van der Waals surface area contributed by atoms with Crippen LogP contribution in [0.25, 0.3) is 5.78 Å². The fourth-order valence-electron chi connectivity index (χ4n) is 2.54. The molecular weight excluding hydrogens is 264 g/mol. The summed E-state index contributed by atoms with van der Waals surface area (Å²) in [6.07, 6.45) is 3.05. The summed E-state index contributed by atoms with van der Waals surface area (Å²) >= 11 is 0. The molecule has 108 valence electrons. The highest BCUT2D eigenvalue weighted by molar-refractivity contribution is 5.45. The summed E-state index contributed by atoms with van der Waals surface area (Å²) < 4.78 is 28.0. The number of rotatable bonds is 3. The number of nitrogens with zero attached hydrogens (tertiary/aromatic N) is 4. The van der Waals surface area contributed by atoms with Gasteiger partial charge in [0, 0.05) is 30.6 Å². The first-order chi connectivity index (χ1) is 9.57. The molecule has 1 aliphatic rings. The van der Waals surface area contributed by atoms with Crippen LogP contribution in [-0.2, 0) is 6.42 Å². The third-order valence-corrected chi connectivity index (χ3v) is 3.74. The van der Waals surface area contributed by atoms with Gasteiger partial charge in [-0.25, -0.2) is 13.8 Å². The minimum Gasteiger partial charge on any atom is -0.367 e. The lowest BCUT2D eigenvalue weighted by molar-refractivity contribution is -0.0361. The van der Waals surface area contributed by atoms with Gasteiger partial charge in [0.1, 0.15) is 12.1 Å². The Balaban J connectivity index is 1.82. The van der Waals surface area contributed by atoms with Crippen molar-refractivity contribution < 1.29 is 8.78 Å². The fourth-order valence-corrected chi connectivity index (χ4v) is 2.54. The van der Waals surface area contributed by atoms with Crippen molar-refractivity contribution >= 4 is 11.6 Å². The number of hydrogen-bond donors (Lipinski definition) is 1. The summed E-state index contributed by atoms with van der Waals surface area (Å²) in [5.41, 5.74) is 0.911. The van der Waals surface area contributed by atoms with Crippen molar-refractivity contribution in [1.82, 2.24) is 19.6 Å². The van der Waals surface area contributed by atoms with Crippen LogP contribution in [0.4, 0.5) is 14.6 Å². The molecule has 5 nitrogen and oxygen atoms in total. The zero-order valence-corrected chi connectivity index (χ0v) is 11.3. The van der Waals surface area contributed by atoms with Crippen molar-refractivity contribution in [3.8, 4) is 0 Å². The normalized spacial score (nSPS) is 19.4. The first-order valence-electron chi connectivity index (χ1n) is 6.91. The van der Waals surface area contributed by atoms with Crippen LogP contribution in [0, 0.1) is 0 Å². The standard InChI is InChI=1S/C13H17F2N5/c1-2-9-7-11(20-12(19-9)16-8-17-20)18-10-3-5-13(14,15)6-4-10/h7-8,10,18H,2-6H2,1H3. The van der Waals surface area contributed by atoms with Crippen molar-refractivity contribution in [2.45, 2.75) is 51.0 Å². The number of anilines is 1. The molecule has 2 aromatic heterocycles. The number of nitrogens with one attached hydrogen (secondary N) is 1. The largest absolute Gasteiger partial charge is 0.367 e. The number of aryl methyl sites for hydroxylation is 1. The Morgan fingerprint density at radius 1 is 1.40 bits per heavy atom. The summed E-state index contributed by atoms with van der Waals surface area (Å²) in [5, 5.41) is 7.43. The van der Waals surface area contributed by atoms with Gasteiger partial charge in [-0.1, -0.05) is 6.92 Å². The molecule has 1 aliphatic carbocycles. The Morgan fingerprint density at radius 3 is 2.85 bits per heavy atom. The molecule has 0 spiro atoms. The van der Waals surface area contributed by atoms with Gasteiger partial charge in [-0.2, -0.15) is 14.6 Å². The summed E-state index contributed by atoms with van der Waals surface area (Å²) in [6, 6.07) is 1.96. The number of aromatic nitrogens is 4. The number of hydrogen-bond acceptors (Lipinski definition) is 4. The second-order valence-electron chi connectivity index (χ2n) is 5.23. The van der Waals surface area contributed by atoms with Crippen LogP contribution < -0.4 is 5.32 Å². The van der Waals surface area contributed by atoms with Gasteiger partial charge in [-0.3, -0.25) is 0 Å². The maximum atomic E-state index is 13.2. The fraction of sp³-hybridized carbons (Fsp3) is 0.615.